The standard InChI is InChI=1S/C15H27NO3/c1-4-7-14(2,3)16-12(17)10-15(11-13(18)19)8-5-6-9-15/h4-11H2,1-3H3,(H,16,17)(H,18,19). The van der Waals surface area contributed by atoms with Crippen LogP contribution in [0.15, 0.2) is 0 Å². The number of hydrogen-bond donors (Lipinski definition) is 2. The summed E-state index contributed by atoms with van der Waals surface area (Å²) in [6.07, 6.45) is 6.24. The molecule has 1 aliphatic rings. The van der Waals surface area contributed by atoms with Crippen molar-refractivity contribution in [1.29, 1.82) is 0 Å². The number of carboxylic acid groups (broad SMARTS) is 1. The summed E-state index contributed by atoms with van der Waals surface area (Å²) < 4.78 is 0. The molecule has 1 rings (SSSR count). The van der Waals surface area contributed by atoms with Crippen molar-refractivity contribution in [3.05, 3.63) is 0 Å². The van der Waals surface area contributed by atoms with Gasteiger partial charge in [-0.05, 0) is 38.5 Å². The fraction of sp³-hybridized carbons (Fsp3) is 0.867. The van der Waals surface area contributed by atoms with E-state index in [-0.39, 0.29) is 23.3 Å². The molecule has 1 amide bonds. The van der Waals surface area contributed by atoms with Gasteiger partial charge in [-0.2, -0.15) is 0 Å². The zero-order chi connectivity index (χ0) is 14.5. The molecule has 0 heterocycles. The Labute approximate surface area is 116 Å². The number of amides is 1. The third-order valence-electron chi connectivity index (χ3n) is 4.08. The van der Waals surface area contributed by atoms with Crippen LogP contribution < -0.4 is 5.32 Å². The number of carbonyl (C=O) groups excluding carboxylic acids is 1. The minimum atomic E-state index is -0.789. The number of nitrogens with one attached hydrogen (secondary N) is 1. The summed E-state index contributed by atoms with van der Waals surface area (Å²) >= 11 is 0. The van der Waals surface area contributed by atoms with Crippen LogP contribution >= 0.6 is 0 Å². The van der Waals surface area contributed by atoms with Crippen molar-refractivity contribution in [2.45, 2.75) is 77.7 Å². The van der Waals surface area contributed by atoms with Crippen LogP contribution in [0.3, 0.4) is 0 Å². The summed E-state index contributed by atoms with van der Waals surface area (Å²) in [7, 11) is 0. The van der Waals surface area contributed by atoms with E-state index in [1.54, 1.807) is 0 Å². The Bertz CT molecular complexity index is 330. The van der Waals surface area contributed by atoms with Crippen molar-refractivity contribution in [2.24, 2.45) is 5.41 Å². The molecule has 0 aromatic rings. The van der Waals surface area contributed by atoms with Crippen molar-refractivity contribution in [3.8, 4) is 0 Å². The molecule has 4 nitrogen and oxygen atoms in total. The molecule has 0 unspecified atom stereocenters. The average molecular weight is 269 g/mol. The quantitative estimate of drug-likeness (QED) is 0.746. The van der Waals surface area contributed by atoms with Gasteiger partial charge in [-0.25, -0.2) is 0 Å². The fourth-order valence-corrected chi connectivity index (χ4v) is 3.31. The molecule has 0 saturated heterocycles. The lowest BCUT2D eigenvalue weighted by atomic mass is 9.79. The maximum absolute atomic E-state index is 12.2. The third kappa shape index (κ3) is 5.21. The second-order valence-electron chi connectivity index (χ2n) is 6.64. The smallest absolute Gasteiger partial charge is 0.303 e. The summed E-state index contributed by atoms with van der Waals surface area (Å²) in [4.78, 5) is 23.2. The van der Waals surface area contributed by atoms with E-state index in [9.17, 15) is 9.59 Å². The van der Waals surface area contributed by atoms with Crippen LogP contribution in [-0.4, -0.2) is 22.5 Å². The first-order valence-electron chi connectivity index (χ1n) is 7.31. The highest BCUT2D eigenvalue weighted by atomic mass is 16.4. The van der Waals surface area contributed by atoms with Gasteiger partial charge in [0, 0.05) is 12.0 Å². The Morgan fingerprint density at radius 1 is 1.21 bits per heavy atom. The first-order chi connectivity index (χ1) is 8.79. The lowest BCUT2D eigenvalue weighted by Crippen LogP contribution is -2.45. The zero-order valence-electron chi connectivity index (χ0n) is 12.4. The zero-order valence-corrected chi connectivity index (χ0v) is 12.4. The predicted molar refractivity (Wildman–Crippen MR) is 74.9 cm³/mol. The Kier molecular flexibility index (Phi) is 5.39. The molecule has 1 fully saturated rings. The maximum Gasteiger partial charge on any atom is 0.303 e. The van der Waals surface area contributed by atoms with E-state index in [1.807, 2.05) is 13.8 Å². The molecule has 0 aromatic carbocycles. The third-order valence-corrected chi connectivity index (χ3v) is 4.08. The van der Waals surface area contributed by atoms with Gasteiger partial charge in [0.25, 0.3) is 0 Å². The second kappa shape index (κ2) is 6.40. The molecule has 0 aliphatic heterocycles. The highest BCUT2D eigenvalue weighted by Crippen LogP contribution is 2.44. The van der Waals surface area contributed by atoms with Gasteiger partial charge >= 0.3 is 5.97 Å². The number of aliphatic carboxylic acids is 1. The molecule has 110 valence electrons. The molecule has 0 atom stereocenters. The van der Waals surface area contributed by atoms with Gasteiger partial charge < -0.3 is 10.4 Å². The van der Waals surface area contributed by atoms with Crippen LogP contribution in [0.25, 0.3) is 0 Å². The summed E-state index contributed by atoms with van der Waals surface area (Å²) in [6.45, 7) is 6.14. The van der Waals surface area contributed by atoms with Crippen LogP contribution in [0.5, 0.6) is 0 Å². The van der Waals surface area contributed by atoms with E-state index in [1.165, 1.54) is 0 Å². The summed E-state index contributed by atoms with van der Waals surface area (Å²) in [6, 6.07) is 0. The van der Waals surface area contributed by atoms with Crippen molar-refractivity contribution in [2.75, 3.05) is 0 Å². The Morgan fingerprint density at radius 3 is 2.26 bits per heavy atom. The molecule has 1 aliphatic carbocycles. The average Bonchev–Trinajstić information content (AvgIpc) is 2.62. The van der Waals surface area contributed by atoms with Crippen molar-refractivity contribution in [1.82, 2.24) is 5.32 Å². The van der Waals surface area contributed by atoms with Crippen molar-refractivity contribution in [3.63, 3.8) is 0 Å². The molecule has 2 N–H and O–H groups in total. The second-order valence-corrected chi connectivity index (χ2v) is 6.64. The summed E-state index contributed by atoms with van der Waals surface area (Å²) in [5.74, 6) is -0.788. The SMILES string of the molecule is CCCC(C)(C)NC(=O)CC1(CC(=O)O)CCCC1. The molecule has 19 heavy (non-hydrogen) atoms. The molecular formula is C15H27NO3. The molecule has 0 radical (unpaired) electrons. The monoisotopic (exact) mass is 269 g/mol. The van der Waals surface area contributed by atoms with E-state index < -0.39 is 5.97 Å². The number of carbonyl (C=O) groups is 2. The van der Waals surface area contributed by atoms with Crippen molar-refractivity contribution < 1.29 is 14.7 Å². The van der Waals surface area contributed by atoms with Crippen LogP contribution in [-0.2, 0) is 9.59 Å². The van der Waals surface area contributed by atoms with Gasteiger partial charge in [0.05, 0.1) is 6.42 Å². The van der Waals surface area contributed by atoms with Crippen LogP contribution in [0.4, 0.5) is 0 Å². The van der Waals surface area contributed by atoms with Gasteiger partial charge in [0.1, 0.15) is 0 Å². The van der Waals surface area contributed by atoms with Gasteiger partial charge in [-0.1, -0.05) is 26.2 Å². The normalized spacial score (nSPS) is 18.3. The lowest BCUT2D eigenvalue weighted by molar-refractivity contribution is -0.140. The highest BCUT2D eigenvalue weighted by Gasteiger charge is 2.38. The van der Waals surface area contributed by atoms with E-state index in [0.717, 1.165) is 38.5 Å². The summed E-state index contributed by atoms with van der Waals surface area (Å²) in [5, 5.41) is 12.1. The topological polar surface area (TPSA) is 66.4 Å². The highest BCUT2D eigenvalue weighted by molar-refractivity contribution is 5.78. The first-order valence-corrected chi connectivity index (χ1v) is 7.31. The van der Waals surface area contributed by atoms with E-state index >= 15 is 0 Å². The molecule has 0 bridgehead atoms. The van der Waals surface area contributed by atoms with Crippen LogP contribution in [0.1, 0.15) is 72.1 Å². The number of rotatable bonds is 7. The minimum absolute atomic E-state index is 0.00148. The van der Waals surface area contributed by atoms with Crippen LogP contribution in [0, 0.1) is 5.41 Å². The predicted octanol–water partition coefficient (Wildman–Crippen LogP) is 3.11. The fourth-order valence-electron chi connectivity index (χ4n) is 3.31. The molecule has 0 aromatic heterocycles. The molecular weight excluding hydrogens is 242 g/mol. The van der Waals surface area contributed by atoms with Crippen LogP contribution in [0.2, 0.25) is 0 Å². The van der Waals surface area contributed by atoms with Gasteiger partial charge in [0.2, 0.25) is 5.91 Å². The van der Waals surface area contributed by atoms with E-state index in [0.29, 0.717) is 6.42 Å². The van der Waals surface area contributed by atoms with Gasteiger partial charge in [0.15, 0.2) is 0 Å². The summed E-state index contributed by atoms with van der Waals surface area (Å²) in [5.41, 5.74) is -0.507. The van der Waals surface area contributed by atoms with E-state index in [4.69, 9.17) is 5.11 Å². The van der Waals surface area contributed by atoms with Gasteiger partial charge in [-0.3, -0.25) is 9.59 Å². The lowest BCUT2D eigenvalue weighted by Gasteiger charge is -2.30. The largest absolute Gasteiger partial charge is 0.481 e. The van der Waals surface area contributed by atoms with Gasteiger partial charge in [-0.15, -0.1) is 0 Å². The Morgan fingerprint density at radius 2 is 1.79 bits per heavy atom. The van der Waals surface area contributed by atoms with Crippen molar-refractivity contribution >= 4 is 11.9 Å². The first kappa shape index (κ1) is 16.0. The minimum Gasteiger partial charge on any atom is -0.481 e. The molecule has 4 heteroatoms. The molecule has 0 spiro atoms. The Hall–Kier alpha value is -1.06. The number of carboxylic acids is 1. The Balaban J connectivity index is 2.60. The number of hydrogen-bond acceptors (Lipinski definition) is 2. The molecule has 1 saturated carbocycles. The van der Waals surface area contributed by atoms with E-state index in [2.05, 4.69) is 12.2 Å². The maximum atomic E-state index is 12.2.